The lowest BCUT2D eigenvalue weighted by molar-refractivity contribution is -0.144. The Balaban J connectivity index is 2.96. The maximum atomic E-state index is 13.9. The molecule has 0 aliphatic heterocycles. The van der Waals surface area contributed by atoms with Gasteiger partial charge >= 0.3 is 5.97 Å². The van der Waals surface area contributed by atoms with E-state index < -0.39 is 23.7 Å². The highest BCUT2D eigenvalue weighted by Crippen LogP contribution is 2.14. The molecule has 1 aromatic carbocycles. The number of esters is 1. The van der Waals surface area contributed by atoms with Crippen molar-refractivity contribution in [3.05, 3.63) is 35.1 Å². The Kier molecular flexibility index (Phi) is 5.67. The average molecular weight is 281 g/mol. The Labute approximate surface area is 118 Å². The first-order valence-corrected chi connectivity index (χ1v) is 6.56. The maximum absolute atomic E-state index is 13.9. The fourth-order valence-corrected chi connectivity index (χ4v) is 1.84. The van der Waals surface area contributed by atoms with Crippen LogP contribution in [0.1, 0.15) is 36.2 Å². The van der Waals surface area contributed by atoms with Crippen LogP contribution >= 0.6 is 0 Å². The first kappa shape index (κ1) is 16.1. The molecule has 110 valence electrons. The van der Waals surface area contributed by atoms with Crippen molar-refractivity contribution in [1.29, 1.82) is 0 Å². The van der Waals surface area contributed by atoms with Gasteiger partial charge in [-0.05, 0) is 24.5 Å². The number of hydrogen-bond acceptors (Lipinski definition) is 3. The molecule has 0 spiro atoms. The smallest absolute Gasteiger partial charge is 0.328 e. The zero-order valence-electron chi connectivity index (χ0n) is 12.2. The van der Waals surface area contributed by atoms with Gasteiger partial charge in [0.25, 0.3) is 5.91 Å². The van der Waals surface area contributed by atoms with Crippen LogP contribution in [0.4, 0.5) is 4.39 Å². The molecular formula is C15H20FNO3. The molecule has 0 saturated heterocycles. The van der Waals surface area contributed by atoms with Crippen molar-refractivity contribution in [3.8, 4) is 0 Å². The summed E-state index contributed by atoms with van der Waals surface area (Å²) in [5.74, 6) is -1.81. The topological polar surface area (TPSA) is 55.4 Å². The number of carbonyl (C=O) groups excluding carboxylic acids is 2. The standard InChI is InChI=1S/C15H20FNO3/c1-5-9(2)13(15(19)20-4)17-14(18)11-8-6-7-10(3)12(11)16/h6-9,13H,5H2,1-4H3,(H,17,18). The van der Waals surface area contributed by atoms with Crippen LogP contribution in [-0.4, -0.2) is 25.0 Å². The van der Waals surface area contributed by atoms with E-state index in [2.05, 4.69) is 10.1 Å². The van der Waals surface area contributed by atoms with Crippen molar-refractivity contribution in [2.45, 2.75) is 33.2 Å². The Morgan fingerprint density at radius 3 is 2.60 bits per heavy atom. The second-order valence-electron chi connectivity index (χ2n) is 4.80. The third-order valence-electron chi connectivity index (χ3n) is 3.39. The van der Waals surface area contributed by atoms with E-state index in [-0.39, 0.29) is 11.5 Å². The number of benzene rings is 1. The zero-order chi connectivity index (χ0) is 15.3. The molecule has 0 aromatic heterocycles. The second kappa shape index (κ2) is 7.03. The molecule has 1 rings (SSSR count). The molecule has 0 bridgehead atoms. The number of methoxy groups -OCH3 is 1. The minimum absolute atomic E-state index is 0.0674. The molecule has 2 unspecified atom stereocenters. The molecule has 0 fully saturated rings. The first-order chi connectivity index (χ1) is 9.42. The lowest BCUT2D eigenvalue weighted by Gasteiger charge is -2.22. The van der Waals surface area contributed by atoms with Crippen LogP contribution in [-0.2, 0) is 9.53 Å². The molecule has 4 nitrogen and oxygen atoms in total. The second-order valence-corrected chi connectivity index (χ2v) is 4.80. The van der Waals surface area contributed by atoms with Crippen LogP contribution in [0.5, 0.6) is 0 Å². The van der Waals surface area contributed by atoms with E-state index in [9.17, 15) is 14.0 Å². The van der Waals surface area contributed by atoms with Crippen molar-refractivity contribution in [3.63, 3.8) is 0 Å². The van der Waals surface area contributed by atoms with E-state index in [1.54, 1.807) is 19.1 Å². The third kappa shape index (κ3) is 3.56. The molecule has 1 N–H and O–H groups in total. The van der Waals surface area contributed by atoms with Crippen molar-refractivity contribution in [2.75, 3.05) is 7.11 Å². The summed E-state index contributed by atoms with van der Waals surface area (Å²) in [6, 6.07) is 3.79. The third-order valence-corrected chi connectivity index (χ3v) is 3.39. The highest BCUT2D eigenvalue weighted by molar-refractivity contribution is 5.97. The molecule has 0 aliphatic carbocycles. The van der Waals surface area contributed by atoms with Gasteiger partial charge in [-0.25, -0.2) is 9.18 Å². The normalized spacial score (nSPS) is 13.4. The highest BCUT2D eigenvalue weighted by Gasteiger charge is 2.28. The molecule has 0 radical (unpaired) electrons. The highest BCUT2D eigenvalue weighted by atomic mass is 19.1. The van der Waals surface area contributed by atoms with Crippen LogP contribution in [0, 0.1) is 18.7 Å². The van der Waals surface area contributed by atoms with Crippen LogP contribution in [0.2, 0.25) is 0 Å². The van der Waals surface area contributed by atoms with Crippen LogP contribution in [0.3, 0.4) is 0 Å². The number of ether oxygens (including phenoxy) is 1. The van der Waals surface area contributed by atoms with Crippen molar-refractivity contribution in [2.24, 2.45) is 5.92 Å². The van der Waals surface area contributed by atoms with Gasteiger partial charge in [-0.2, -0.15) is 0 Å². The lowest BCUT2D eigenvalue weighted by atomic mass is 9.98. The van der Waals surface area contributed by atoms with Crippen molar-refractivity contribution >= 4 is 11.9 Å². The molecule has 0 heterocycles. The minimum atomic E-state index is -0.780. The van der Waals surface area contributed by atoms with Gasteiger partial charge in [0, 0.05) is 0 Å². The van der Waals surface area contributed by atoms with E-state index in [0.717, 1.165) is 0 Å². The predicted octanol–water partition coefficient (Wildman–Crippen LogP) is 2.45. The summed E-state index contributed by atoms with van der Waals surface area (Å²) >= 11 is 0. The van der Waals surface area contributed by atoms with Crippen molar-refractivity contribution in [1.82, 2.24) is 5.32 Å². The summed E-state index contributed by atoms with van der Waals surface area (Å²) in [5, 5.41) is 2.55. The van der Waals surface area contributed by atoms with E-state index in [1.165, 1.54) is 13.2 Å². The molecule has 1 aromatic rings. The molecule has 0 saturated carbocycles. The Morgan fingerprint density at radius 1 is 1.40 bits per heavy atom. The number of nitrogens with one attached hydrogen (secondary N) is 1. The Morgan fingerprint density at radius 2 is 2.05 bits per heavy atom. The maximum Gasteiger partial charge on any atom is 0.328 e. The summed E-state index contributed by atoms with van der Waals surface area (Å²) in [6.45, 7) is 5.31. The molecule has 1 amide bonds. The summed E-state index contributed by atoms with van der Waals surface area (Å²) in [7, 11) is 1.26. The monoisotopic (exact) mass is 281 g/mol. The van der Waals surface area contributed by atoms with Crippen LogP contribution in [0.15, 0.2) is 18.2 Å². The largest absolute Gasteiger partial charge is 0.467 e. The van der Waals surface area contributed by atoms with Gasteiger partial charge in [-0.1, -0.05) is 32.4 Å². The van der Waals surface area contributed by atoms with E-state index in [4.69, 9.17) is 0 Å². The van der Waals surface area contributed by atoms with E-state index in [0.29, 0.717) is 12.0 Å². The lowest BCUT2D eigenvalue weighted by Crippen LogP contribution is -2.45. The summed E-state index contributed by atoms with van der Waals surface area (Å²) in [6.07, 6.45) is 0.691. The number of aryl methyl sites for hydroxylation is 1. The van der Waals surface area contributed by atoms with Crippen molar-refractivity contribution < 1.29 is 18.7 Å². The molecule has 5 heteroatoms. The molecule has 2 atom stereocenters. The van der Waals surface area contributed by atoms with Gasteiger partial charge in [0.15, 0.2) is 0 Å². The SMILES string of the molecule is CCC(C)C(NC(=O)c1cccc(C)c1F)C(=O)OC. The number of carbonyl (C=O) groups is 2. The van der Waals surface area contributed by atoms with Gasteiger partial charge in [-0.15, -0.1) is 0 Å². The van der Waals surface area contributed by atoms with Gasteiger partial charge in [0.05, 0.1) is 12.7 Å². The number of amides is 1. The van der Waals surface area contributed by atoms with Gasteiger partial charge < -0.3 is 10.1 Å². The summed E-state index contributed by atoms with van der Waals surface area (Å²) < 4.78 is 18.6. The molecule has 0 aliphatic rings. The van der Waals surface area contributed by atoms with E-state index in [1.807, 2.05) is 13.8 Å². The molecular weight excluding hydrogens is 261 g/mol. The van der Waals surface area contributed by atoms with Gasteiger partial charge in [-0.3, -0.25) is 4.79 Å². The van der Waals surface area contributed by atoms with E-state index >= 15 is 0 Å². The fraction of sp³-hybridized carbons (Fsp3) is 0.467. The summed E-state index contributed by atoms with van der Waals surface area (Å²) in [5.41, 5.74) is 0.318. The Bertz CT molecular complexity index is 502. The molecule has 20 heavy (non-hydrogen) atoms. The van der Waals surface area contributed by atoms with Crippen LogP contribution < -0.4 is 5.32 Å². The minimum Gasteiger partial charge on any atom is -0.467 e. The van der Waals surface area contributed by atoms with Crippen LogP contribution in [0.25, 0.3) is 0 Å². The summed E-state index contributed by atoms with van der Waals surface area (Å²) in [4.78, 5) is 23.8. The average Bonchev–Trinajstić information content (AvgIpc) is 2.45. The van der Waals surface area contributed by atoms with Gasteiger partial charge in [0.2, 0.25) is 0 Å². The predicted molar refractivity (Wildman–Crippen MR) is 73.9 cm³/mol. The van der Waals surface area contributed by atoms with Gasteiger partial charge in [0.1, 0.15) is 11.9 Å². The zero-order valence-corrected chi connectivity index (χ0v) is 12.2. The first-order valence-electron chi connectivity index (χ1n) is 6.56. The number of hydrogen-bond donors (Lipinski definition) is 1. The number of halogens is 1. The quantitative estimate of drug-likeness (QED) is 0.843. The fourth-order valence-electron chi connectivity index (χ4n) is 1.84. The number of rotatable bonds is 5. The Hall–Kier alpha value is -1.91.